The molecule has 0 aliphatic heterocycles. The van der Waals surface area contributed by atoms with Crippen LogP contribution in [0.15, 0.2) is 30.5 Å². The summed E-state index contributed by atoms with van der Waals surface area (Å²) in [5, 5.41) is 4.28. The minimum Gasteiger partial charge on any atom is -0.497 e. The van der Waals surface area contributed by atoms with Crippen molar-refractivity contribution in [3.8, 4) is 11.5 Å². The quantitative estimate of drug-likeness (QED) is 0.856. The Morgan fingerprint density at radius 1 is 1.32 bits per heavy atom. The number of ether oxygens (including phenoxy) is 2. The molecule has 1 aromatic heterocycles. The van der Waals surface area contributed by atoms with Gasteiger partial charge in [0.2, 0.25) is 0 Å². The number of rotatable bonds is 6. The van der Waals surface area contributed by atoms with E-state index in [2.05, 4.69) is 5.10 Å². The third kappa shape index (κ3) is 3.48. The zero-order valence-electron chi connectivity index (χ0n) is 11.3. The lowest BCUT2D eigenvalue weighted by molar-refractivity contribution is 0.294. The van der Waals surface area contributed by atoms with Crippen molar-refractivity contribution >= 4 is 0 Å². The maximum atomic E-state index is 5.82. The molecule has 2 aromatic rings. The molecule has 0 saturated carbocycles. The number of aromatic nitrogens is 2. The van der Waals surface area contributed by atoms with Gasteiger partial charge in [-0.1, -0.05) is 6.07 Å². The summed E-state index contributed by atoms with van der Waals surface area (Å²) in [6.45, 7) is 1.03. The molecule has 1 aromatic carbocycles. The van der Waals surface area contributed by atoms with Crippen molar-refractivity contribution in [2.75, 3.05) is 13.7 Å². The van der Waals surface area contributed by atoms with Crippen molar-refractivity contribution in [3.63, 3.8) is 0 Å². The van der Waals surface area contributed by atoms with Gasteiger partial charge in [0, 0.05) is 19.3 Å². The molecule has 5 nitrogen and oxygen atoms in total. The molecular formula is C14H19N3O2. The molecule has 0 bridgehead atoms. The number of aryl methyl sites for hydroxylation is 1. The second-order valence-corrected chi connectivity index (χ2v) is 4.28. The van der Waals surface area contributed by atoms with Crippen molar-refractivity contribution in [2.24, 2.45) is 12.8 Å². The van der Waals surface area contributed by atoms with E-state index in [1.54, 1.807) is 11.8 Å². The van der Waals surface area contributed by atoms with Gasteiger partial charge >= 0.3 is 0 Å². The summed E-state index contributed by atoms with van der Waals surface area (Å²) < 4.78 is 12.8. The first-order valence-corrected chi connectivity index (χ1v) is 6.21. The van der Waals surface area contributed by atoms with E-state index < -0.39 is 0 Å². The third-order valence-electron chi connectivity index (χ3n) is 2.83. The van der Waals surface area contributed by atoms with E-state index in [4.69, 9.17) is 15.2 Å². The van der Waals surface area contributed by atoms with Gasteiger partial charge in [-0.15, -0.1) is 0 Å². The van der Waals surface area contributed by atoms with Crippen LogP contribution in [0.25, 0.3) is 0 Å². The molecule has 0 fully saturated rings. The van der Waals surface area contributed by atoms with E-state index >= 15 is 0 Å². The molecule has 5 heteroatoms. The molecule has 0 spiro atoms. The van der Waals surface area contributed by atoms with Gasteiger partial charge in [-0.3, -0.25) is 4.68 Å². The van der Waals surface area contributed by atoms with Gasteiger partial charge in [0.05, 0.1) is 12.8 Å². The second kappa shape index (κ2) is 6.24. The summed E-state index contributed by atoms with van der Waals surface area (Å²) in [6.07, 6.45) is 2.67. The zero-order valence-corrected chi connectivity index (χ0v) is 11.3. The molecule has 0 radical (unpaired) electrons. The van der Waals surface area contributed by atoms with Crippen LogP contribution in [0.4, 0.5) is 0 Å². The summed E-state index contributed by atoms with van der Waals surface area (Å²) in [5.74, 6) is 1.58. The smallest absolute Gasteiger partial charge is 0.132 e. The fourth-order valence-electron chi connectivity index (χ4n) is 1.85. The van der Waals surface area contributed by atoms with Crippen LogP contribution in [0.2, 0.25) is 0 Å². The van der Waals surface area contributed by atoms with Gasteiger partial charge in [-0.05, 0) is 30.7 Å². The zero-order chi connectivity index (χ0) is 13.7. The maximum Gasteiger partial charge on any atom is 0.132 e. The third-order valence-corrected chi connectivity index (χ3v) is 2.83. The standard InChI is InChI=1S/C14H19N3O2/c1-17-8-6-12(16-17)10-19-14-9-13(18-2)4-3-11(14)5-7-15/h3-4,6,8-9H,5,7,10,15H2,1-2H3. The molecule has 0 atom stereocenters. The van der Waals surface area contributed by atoms with Crippen molar-refractivity contribution in [3.05, 3.63) is 41.7 Å². The second-order valence-electron chi connectivity index (χ2n) is 4.28. The monoisotopic (exact) mass is 261 g/mol. The highest BCUT2D eigenvalue weighted by Crippen LogP contribution is 2.25. The molecule has 19 heavy (non-hydrogen) atoms. The van der Waals surface area contributed by atoms with E-state index in [0.717, 1.165) is 29.2 Å². The van der Waals surface area contributed by atoms with Crippen LogP contribution >= 0.6 is 0 Å². The summed E-state index contributed by atoms with van der Waals surface area (Å²) in [7, 11) is 3.52. The van der Waals surface area contributed by atoms with Crippen LogP contribution in [0.1, 0.15) is 11.3 Å². The van der Waals surface area contributed by atoms with E-state index in [0.29, 0.717) is 13.2 Å². The summed E-state index contributed by atoms with van der Waals surface area (Å²) in [4.78, 5) is 0. The van der Waals surface area contributed by atoms with Gasteiger partial charge in [0.25, 0.3) is 0 Å². The Morgan fingerprint density at radius 2 is 2.16 bits per heavy atom. The number of methoxy groups -OCH3 is 1. The average Bonchev–Trinajstić information content (AvgIpc) is 2.83. The molecule has 1 heterocycles. The Kier molecular flexibility index (Phi) is 4.41. The predicted octanol–water partition coefficient (Wildman–Crippen LogP) is 1.51. The summed E-state index contributed by atoms with van der Waals surface area (Å²) >= 11 is 0. The maximum absolute atomic E-state index is 5.82. The van der Waals surface area contributed by atoms with Gasteiger partial charge in [0.15, 0.2) is 0 Å². The number of nitrogens with zero attached hydrogens (tertiary/aromatic N) is 2. The molecule has 0 saturated heterocycles. The Bertz CT molecular complexity index is 537. The van der Waals surface area contributed by atoms with Gasteiger partial charge in [0.1, 0.15) is 18.1 Å². The van der Waals surface area contributed by atoms with E-state index in [1.165, 1.54) is 0 Å². The van der Waals surface area contributed by atoms with Crippen LogP contribution in [-0.2, 0) is 20.1 Å². The highest BCUT2D eigenvalue weighted by atomic mass is 16.5. The Hall–Kier alpha value is -2.01. The lowest BCUT2D eigenvalue weighted by Gasteiger charge is -2.11. The van der Waals surface area contributed by atoms with Crippen LogP contribution < -0.4 is 15.2 Å². The largest absolute Gasteiger partial charge is 0.497 e. The number of benzene rings is 1. The minimum absolute atomic E-state index is 0.436. The molecule has 102 valence electrons. The lowest BCUT2D eigenvalue weighted by atomic mass is 10.1. The lowest BCUT2D eigenvalue weighted by Crippen LogP contribution is -2.06. The van der Waals surface area contributed by atoms with Crippen LogP contribution in [-0.4, -0.2) is 23.4 Å². The first-order chi connectivity index (χ1) is 9.22. The Morgan fingerprint density at radius 3 is 2.79 bits per heavy atom. The van der Waals surface area contributed by atoms with Crippen molar-refractivity contribution in [1.82, 2.24) is 9.78 Å². The first-order valence-electron chi connectivity index (χ1n) is 6.21. The highest BCUT2D eigenvalue weighted by molar-refractivity contribution is 5.41. The van der Waals surface area contributed by atoms with Crippen LogP contribution in [0.3, 0.4) is 0 Å². The molecule has 0 unspecified atom stereocenters. The van der Waals surface area contributed by atoms with E-state index in [9.17, 15) is 0 Å². The normalized spacial score (nSPS) is 10.5. The summed E-state index contributed by atoms with van der Waals surface area (Å²) in [6, 6.07) is 7.72. The SMILES string of the molecule is COc1ccc(CCN)c(OCc2ccn(C)n2)c1. The fraction of sp³-hybridized carbons (Fsp3) is 0.357. The van der Waals surface area contributed by atoms with Gasteiger partial charge < -0.3 is 15.2 Å². The average molecular weight is 261 g/mol. The predicted molar refractivity (Wildman–Crippen MR) is 73.3 cm³/mol. The van der Waals surface area contributed by atoms with Crippen molar-refractivity contribution in [1.29, 1.82) is 0 Å². The molecule has 0 aliphatic carbocycles. The Labute approximate surface area is 112 Å². The van der Waals surface area contributed by atoms with Gasteiger partial charge in [-0.2, -0.15) is 5.10 Å². The number of hydrogen-bond donors (Lipinski definition) is 1. The minimum atomic E-state index is 0.436. The molecular weight excluding hydrogens is 242 g/mol. The Balaban J connectivity index is 2.12. The molecule has 2 N–H and O–H groups in total. The van der Waals surface area contributed by atoms with Crippen LogP contribution in [0.5, 0.6) is 11.5 Å². The van der Waals surface area contributed by atoms with E-state index in [1.807, 2.05) is 37.5 Å². The fourth-order valence-corrected chi connectivity index (χ4v) is 1.85. The number of nitrogens with two attached hydrogens (primary N) is 1. The molecule has 0 amide bonds. The highest BCUT2D eigenvalue weighted by Gasteiger charge is 2.07. The topological polar surface area (TPSA) is 62.3 Å². The number of hydrogen-bond acceptors (Lipinski definition) is 4. The van der Waals surface area contributed by atoms with Gasteiger partial charge in [-0.25, -0.2) is 0 Å². The van der Waals surface area contributed by atoms with Crippen molar-refractivity contribution in [2.45, 2.75) is 13.0 Å². The summed E-state index contributed by atoms with van der Waals surface area (Å²) in [5.41, 5.74) is 7.58. The first kappa shape index (κ1) is 13.4. The van der Waals surface area contributed by atoms with Crippen molar-refractivity contribution < 1.29 is 9.47 Å². The molecule has 0 aliphatic rings. The van der Waals surface area contributed by atoms with E-state index in [-0.39, 0.29) is 0 Å². The molecule has 2 rings (SSSR count). The van der Waals surface area contributed by atoms with Crippen LogP contribution in [0, 0.1) is 0 Å².